The van der Waals surface area contributed by atoms with Gasteiger partial charge in [-0.2, -0.15) is 0 Å². The van der Waals surface area contributed by atoms with Crippen LogP contribution in [0.25, 0.3) is 0 Å². The molecule has 0 aliphatic heterocycles. The Hall–Kier alpha value is -1.10. The molecule has 1 aliphatic carbocycles. The highest BCUT2D eigenvalue weighted by molar-refractivity contribution is 5.84. The first-order valence-corrected chi connectivity index (χ1v) is 6.18. The maximum Gasteiger partial charge on any atom is 0.305 e. The molecule has 98 valence electrons. The summed E-state index contributed by atoms with van der Waals surface area (Å²) in [4.78, 5) is 22.8. The number of nitrogens with one attached hydrogen (secondary N) is 1. The van der Waals surface area contributed by atoms with E-state index in [1.54, 1.807) is 0 Å². The monoisotopic (exact) mass is 242 g/mol. The molecule has 3 atom stereocenters. The Morgan fingerprint density at radius 1 is 1.59 bits per heavy atom. The minimum Gasteiger partial charge on any atom is -0.481 e. The molecule has 0 aromatic rings. The van der Waals surface area contributed by atoms with Crippen molar-refractivity contribution in [3.63, 3.8) is 0 Å². The maximum atomic E-state index is 12.1. The van der Waals surface area contributed by atoms with Crippen molar-refractivity contribution in [2.45, 2.75) is 58.0 Å². The van der Waals surface area contributed by atoms with Crippen molar-refractivity contribution in [3.8, 4) is 0 Å². The molecule has 3 unspecified atom stereocenters. The van der Waals surface area contributed by atoms with Gasteiger partial charge in [-0.25, -0.2) is 0 Å². The van der Waals surface area contributed by atoms with E-state index < -0.39 is 11.4 Å². The second-order valence-corrected chi connectivity index (χ2v) is 5.09. The van der Waals surface area contributed by atoms with Crippen molar-refractivity contribution in [3.05, 3.63) is 0 Å². The number of hydrogen-bond acceptors (Lipinski definition) is 3. The first-order valence-electron chi connectivity index (χ1n) is 6.18. The zero-order valence-corrected chi connectivity index (χ0v) is 10.5. The van der Waals surface area contributed by atoms with Crippen LogP contribution in [-0.4, -0.2) is 29.1 Å². The molecule has 0 heterocycles. The average molecular weight is 242 g/mol. The van der Waals surface area contributed by atoms with E-state index in [-0.39, 0.29) is 24.4 Å². The van der Waals surface area contributed by atoms with Crippen LogP contribution < -0.4 is 11.1 Å². The zero-order valence-electron chi connectivity index (χ0n) is 10.5. The largest absolute Gasteiger partial charge is 0.481 e. The molecule has 1 saturated carbocycles. The summed E-state index contributed by atoms with van der Waals surface area (Å²) in [5.74, 6) is -0.992. The number of aliphatic carboxylic acids is 1. The Morgan fingerprint density at radius 3 is 2.65 bits per heavy atom. The van der Waals surface area contributed by atoms with Crippen molar-refractivity contribution in [2.24, 2.45) is 11.1 Å². The lowest BCUT2D eigenvalue weighted by molar-refractivity contribution is -0.138. The van der Waals surface area contributed by atoms with Gasteiger partial charge in [0.1, 0.15) is 0 Å². The molecule has 1 rings (SSSR count). The van der Waals surface area contributed by atoms with Crippen LogP contribution in [0.1, 0.15) is 46.0 Å². The SMILES string of the molecule is CCC(CC(=O)O)NC(=O)C1(C)CCCC1N. The van der Waals surface area contributed by atoms with Gasteiger partial charge in [0.25, 0.3) is 0 Å². The summed E-state index contributed by atoms with van der Waals surface area (Å²) in [6, 6.07) is -0.422. The highest BCUT2D eigenvalue weighted by Gasteiger charge is 2.43. The number of carboxylic acids is 1. The Kier molecular flexibility index (Phi) is 4.51. The van der Waals surface area contributed by atoms with Crippen LogP contribution in [0.15, 0.2) is 0 Å². The van der Waals surface area contributed by atoms with E-state index >= 15 is 0 Å². The first kappa shape index (κ1) is 14.0. The van der Waals surface area contributed by atoms with E-state index in [9.17, 15) is 9.59 Å². The van der Waals surface area contributed by atoms with Crippen molar-refractivity contribution in [1.29, 1.82) is 0 Å². The number of carbonyl (C=O) groups excluding carboxylic acids is 1. The highest BCUT2D eigenvalue weighted by Crippen LogP contribution is 2.36. The van der Waals surface area contributed by atoms with E-state index in [0.29, 0.717) is 6.42 Å². The maximum absolute atomic E-state index is 12.1. The molecule has 0 spiro atoms. The van der Waals surface area contributed by atoms with Gasteiger partial charge in [0, 0.05) is 12.1 Å². The van der Waals surface area contributed by atoms with Crippen LogP contribution in [0.3, 0.4) is 0 Å². The summed E-state index contributed by atoms with van der Waals surface area (Å²) in [5, 5.41) is 11.5. The minimum atomic E-state index is -0.891. The van der Waals surface area contributed by atoms with Gasteiger partial charge in [-0.15, -0.1) is 0 Å². The Labute approximate surface area is 102 Å². The first-order chi connectivity index (χ1) is 7.90. The van der Waals surface area contributed by atoms with Crippen LogP contribution >= 0.6 is 0 Å². The van der Waals surface area contributed by atoms with E-state index in [1.165, 1.54) is 0 Å². The van der Waals surface area contributed by atoms with E-state index in [1.807, 2.05) is 13.8 Å². The fourth-order valence-corrected chi connectivity index (χ4v) is 2.33. The Bertz CT molecular complexity index is 306. The number of hydrogen-bond donors (Lipinski definition) is 3. The smallest absolute Gasteiger partial charge is 0.305 e. The molecular formula is C12H22N2O3. The van der Waals surface area contributed by atoms with Crippen molar-refractivity contribution < 1.29 is 14.7 Å². The summed E-state index contributed by atoms with van der Waals surface area (Å²) >= 11 is 0. The number of carboxylic acid groups (broad SMARTS) is 1. The van der Waals surface area contributed by atoms with Crippen molar-refractivity contribution in [1.82, 2.24) is 5.32 Å². The third kappa shape index (κ3) is 3.19. The summed E-state index contributed by atoms with van der Waals surface area (Å²) in [6.45, 7) is 3.73. The standard InChI is InChI=1S/C12H22N2O3/c1-3-8(7-10(15)16)14-11(17)12(2)6-4-5-9(12)13/h8-9H,3-7,13H2,1-2H3,(H,14,17)(H,15,16). The van der Waals surface area contributed by atoms with E-state index in [2.05, 4.69) is 5.32 Å². The van der Waals surface area contributed by atoms with Gasteiger partial charge >= 0.3 is 5.97 Å². The third-order valence-corrected chi connectivity index (χ3v) is 3.80. The molecule has 4 N–H and O–H groups in total. The summed E-state index contributed by atoms with van der Waals surface area (Å²) < 4.78 is 0. The average Bonchev–Trinajstić information content (AvgIpc) is 2.59. The molecule has 5 nitrogen and oxygen atoms in total. The highest BCUT2D eigenvalue weighted by atomic mass is 16.4. The van der Waals surface area contributed by atoms with Gasteiger partial charge in [-0.05, 0) is 26.2 Å². The van der Waals surface area contributed by atoms with Gasteiger partial charge in [0.15, 0.2) is 0 Å². The van der Waals surface area contributed by atoms with Gasteiger partial charge in [0.2, 0.25) is 5.91 Å². The van der Waals surface area contributed by atoms with Gasteiger partial charge < -0.3 is 16.2 Å². The molecule has 5 heteroatoms. The van der Waals surface area contributed by atoms with Crippen LogP contribution in [0.4, 0.5) is 0 Å². The van der Waals surface area contributed by atoms with Crippen molar-refractivity contribution in [2.75, 3.05) is 0 Å². The molecule has 0 saturated heterocycles. The van der Waals surface area contributed by atoms with Crippen LogP contribution in [0.2, 0.25) is 0 Å². The second-order valence-electron chi connectivity index (χ2n) is 5.09. The molecule has 0 radical (unpaired) electrons. The predicted molar refractivity (Wildman–Crippen MR) is 64.4 cm³/mol. The zero-order chi connectivity index (χ0) is 13.1. The lowest BCUT2D eigenvalue weighted by Gasteiger charge is -2.29. The molecule has 0 aromatic carbocycles. The fraction of sp³-hybridized carbons (Fsp3) is 0.833. The quantitative estimate of drug-likeness (QED) is 0.667. The number of rotatable bonds is 5. The minimum absolute atomic E-state index is 0.0342. The lowest BCUT2D eigenvalue weighted by atomic mass is 9.84. The number of amides is 1. The number of carbonyl (C=O) groups is 2. The van der Waals surface area contributed by atoms with Gasteiger partial charge in [-0.3, -0.25) is 9.59 Å². The summed E-state index contributed by atoms with van der Waals surface area (Å²) in [5.41, 5.74) is 5.42. The summed E-state index contributed by atoms with van der Waals surface area (Å²) in [6.07, 6.45) is 3.18. The molecular weight excluding hydrogens is 220 g/mol. The normalized spacial score (nSPS) is 29.9. The Balaban J connectivity index is 2.61. The van der Waals surface area contributed by atoms with Crippen molar-refractivity contribution >= 4 is 11.9 Å². The topological polar surface area (TPSA) is 92.4 Å². The van der Waals surface area contributed by atoms with Gasteiger partial charge in [0.05, 0.1) is 11.8 Å². The molecule has 1 fully saturated rings. The van der Waals surface area contributed by atoms with Crippen LogP contribution in [-0.2, 0) is 9.59 Å². The van der Waals surface area contributed by atoms with Crippen LogP contribution in [0, 0.1) is 5.41 Å². The Morgan fingerprint density at radius 2 is 2.24 bits per heavy atom. The second kappa shape index (κ2) is 5.49. The predicted octanol–water partition coefficient (Wildman–Crippen LogP) is 0.873. The third-order valence-electron chi connectivity index (χ3n) is 3.80. The molecule has 1 amide bonds. The number of nitrogens with two attached hydrogens (primary N) is 1. The van der Waals surface area contributed by atoms with E-state index in [4.69, 9.17) is 10.8 Å². The molecule has 0 bridgehead atoms. The van der Waals surface area contributed by atoms with Crippen LogP contribution in [0.5, 0.6) is 0 Å². The summed E-state index contributed by atoms with van der Waals surface area (Å²) in [7, 11) is 0. The van der Waals surface area contributed by atoms with Gasteiger partial charge in [-0.1, -0.05) is 13.3 Å². The van der Waals surface area contributed by atoms with E-state index in [0.717, 1.165) is 19.3 Å². The molecule has 17 heavy (non-hydrogen) atoms. The lowest BCUT2D eigenvalue weighted by Crippen LogP contribution is -2.50. The fourth-order valence-electron chi connectivity index (χ4n) is 2.33. The molecule has 0 aromatic heterocycles. The molecule has 1 aliphatic rings.